The molecule has 3 aromatic rings. The maximum absolute atomic E-state index is 4.47. The molecule has 1 unspecified atom stereocenters. The second-order valence-corrected chi connectivity index (χ2v) is 5.65. The van der Waals surface area contributed by atoms with E-state index in [1.54, 1.807) is 0 Å². The van der Waals surface area contributed by atoms with Gasteiger partial charge in [0.25, 0.3) is 0 Å². The Morgan fingerprint density at radius 3 is 2.48 bits per heavy atom. The fourth-order valence-corrected chi connectivity index (χ4v) is 2.93. The molecule has 4 heteroatoms. The maximum atomic E-state index is 4.47. The van der Waals surface area contributed by atoms with Crippen LogP contribution in [0.3, 0.4) is 0 Å². The van der Waals surface area contributed by atoms with Crippen LogP contribution in [0, 0.1) is 0 Å². The molecule has 1 atom stereocenters. The van der Waals surface area contributed by atoms with E-state index >= 15 is 0 Å². The highest BCUT2D eigenvalue weighted by atomic mass is 79.9. The molecule has 0 radical (unpaired) electrons. The second-order valence-electron chi connectivity index (χ2n) is 4.80. The summed E-state index contributed by atoms with van der Waals surface area (Å²) in [5.74, 6) is 0. The zero-order valence-corrected chi connectivity index (χ0v) is 13.3. The van der Waals surface area contributed by atoms with Gasteiger partial charge in [0, 0.05) is 16.2 Å². The molecule has 2 aromatic carbocycles. The summed E-state index contributed by atoms with van der Waals surface area (Å²) in [6.45, 7) is 0. The summed E-state index contributed by atoms with van der Waals surface area (Å²) in [6, 6.07) is 18.5. The van der Waals surface area contributed by atoms with Crippen molar-refractivity contribution in [3.05, 3.63) is 82.6 Å². The Morgan fingerprint density at radius 1 is 1.05 bits per heavy atom. The van der Waals surface area contributed by atoms with Gasteiger partial charge in [0.2, 0.25) is 0 Å². The van der Waals surface area contributed by atoms with E-state index in [1.165, 1.54) is 5.56 Å². The highest BCUT2D eigenvalue weighted by Crippen LogP contribution is 2.28. The molecule has 106 valence electrons. The molecule has 0 saturated heterocycles. The Labute approximate surface area is 132 Å². The normalized spacial score (nSPS) is 12.3. The minimum atomic E-state index is 0.109. The van der Waals surface area contributed by atoms with Crippen LogP contribution in [0.2, 0.25) is 0 Å². The zero-order chi connectivity index (χ0) is 14.7. The number of rotatable bonds is 4. The largest absolute Gasteiger partial charge is 0.309 e. The summed E-state index contributed by atoms with van der Waals surface area (Å²) in [4.78, 5) is 0. The number of benzene rings is 2. The fourth-order valence-electron chi connectivity index (χ4n) is 2.42. The zero-order valence-electron chi connectivity index (χ0n) is 11.7. The van der Waals surface area contributed by atoms with Crippen LogP contribution in [-0.4, -0.2) is 16.8 Å². The highest BCUT2D eigenvalue weighted by Gasteiger charge is 2.16. The molecule has 1 heterocycles. The van der Waals surface area contributed by atoms with Crippen molar-refractivity contribution in [2.45, 2.75) is 6.04 Å². The van der Waals surface area contributed by atoms with Crippen LogP contribution in [-0.2, 0) is 0 Å². The fraction of sp³-hybridized carbons (Fsp3) is 0.118. The van der Waals surface area contributed by atoms with E-state index in [1.807, 2.05) is 60.4 Å². The molecular formula is C17H16BrN3. The predicted molar refractivity (Wildman–Crippen MR) is 88.6 cm³/mol. The lowest BCUT2D eigenvalue weighted by atomic mass is 10.0. The molecule has 0 spiro atoms. The Balaban J connectivity index is 1.96. The summed E-state index contributed by atoms with van der Waals surface area (Å²) in [6.07, 6.45) is 3.98. The molecule has 0 fully saturated rings. The van der Waals surface area contributed by atoms with Crippen LogP contribution in [0.1, 0.15) is 17.2 Å². The average molecular weight is 342 g/mol. The van der Waals surface area contributed by atoms with Crippen molar-refractivity contribution in [1.82, 2.24) is 15.1 Å². The molecular weight excluding hydrogens is 326 g/mol. The van der Waals surface area contributed by atoms with Gasteiger partial charge in [-0.25, -0.2) is 4.68 Å². The average Bonchev–Trinajstić information content (AvgIpc) is 3.00. The van der Waals surface area contributed by atoms with Gasteiger partial charge >= 0.3 is 0 Å². The van der Waals surface area contributed by atoms with E-state index in [2.05, 4.69) is 44.7 Å². The second kappa shape index (κ2) is 6.24. The van der Waals surface area contributed by atoms with Gasteiger partial charge in [0.15, 0.2) is 0 Å². The third-order valence-corrected chi connectivity index (χ3v) is 4.18. The minimum Gasteiger partial charge on any atom is -0.309 e. The van der Waals surface area contributed by atoms with Gasteiger partial charge in [-0.15, -0.1) is 0 Å². The van der Waals surface area contributed by atoms with E-state index in [0.29, 0.717) is 0 Å². The SMILES string of the molecule is CNC(c1cnn(-c2ccccc2)c1)c1ccccc1Br. The third-order valence-electron chi connectivity index (χ3n) is 3.46. The summed E-state index contributed by atoms with van der Waals surface area (Å²) in [7, 11) is 1.96. The summed E-state index contributed by atoms with van der Waals surface area (Å²) in [5, 5.41) is 7.83. The number of hydrogen-bond donors (Lipinski definition) is 1. The van der Waals surface area contributed by atoms with Crippen molar-refractivity contribution in [3.8, 4) is 5.69 Å². The lowest BCUT2D eigenvalue weighted by molar-refractivity contribution is 0.688. The van der Waals surface area contributed by atoms with Gasteiger partial charge in [-0.05, 0) is 30.8 Å². The van der Waals surface area contributed by atoms with Crippen LogP contribution >= 0.6 is 15.9 Å². The number of nitrogens with zero attached hydrogens (tertiary/aromatic N) is 2. The van der Waals surface area contributed by atoms with Crippen molar-refractivity contribution in [2.75, 3.05) is 7.05 Å². The molecule has 1 N–H and O–H groups in total. The van der Waals surface area contributed by atoms with Crippen molar-refractivity contribution < 1.29 is 0 Å². The monoisotopic (exact) mass is 341 g/mol. The van der Waals surface area contributed by atoms with Crippen molar-refractivity contribution >= 4 is 15.9 Å². The number of para-hydroxylation sites is 1. The van der Waals surface area contributed by atoms with E-state index in [-0.39, 0.29) is 6.04 Å². The molecule has 0 amide bonds. The van der Waals surface area contributed by atoms with E-state index in [9.17, 15) is 0 Å². The third kappa shape index (κ3) is 2.91. The number of nitrogens with one attached hydrogen (secondary N) is 1. The van der Waals surface area contributed by atoms with Crippen LogP contribution < -0.4 is 5.32 Å². The van der Waals surface area contributed by atoms with Gasteiger partial charge in [-0.1, -0.05) is 52.3 Å². The molecule has 0 aliphatic carbocycles. The molecule has 0 aliphatic rings. The minimum absolute atomic E-state index is 0.109. The van der Waals surface area contributed by atoms with Crippen LogP contribution in [0.5, 0.6) is 0 Å². The lowest BCUT2D eigenvalue weighted by Crippen LogP contribution is -2.17. The van der Waals surface area contributed by atoms with Crippen molar-refractivity contribution in [3.63, 3.8) is 0 Å². The van der Waals surface area contributed by atoms with Crippen LogP contribution in [0.25, 0.3) is 5.69 Å². The Bertz CT molecular complexity index is 722. The molecule has 3 nitrogen and oxygen atoms in total. The van der Waals surface area contributed by atoms with Gasteiger partial charge in [0.1, 0.15) is 0 Å². The van der Waals surface area contributed by atoms with Crippen molar-refractivity contribution in [2.24, 2.45) is 0 Å². The first-order valence-corrected chi connectivity index (χ1v) is 7.60. The van der Waals surface area contributed by atoms with E-state index in [4.69, 9.17) is 0 Å². The van der Waals surface area contributed by atoms with Crippen LogP contribution in [0.15, 0.2) is 71.5 Å². The number of hydrogen-bond acceptors (Lipinski definition) is 2. The molecule has 21 heavy (non-hydrogen) atoms. The molecule has 0 aliphatic heterocycles. The smallest absolute Gasteiger partial charge is 0.0645 e. The Hall–Kier alpha value is -1.91. The van der Waals surface area contributed by atoms with Crippen LogP contribution in [0.4, 0.5) is 0 Å². The lowest BCUT2D eigenvalue weighted by Gasteiger charge is -2.16. The molecule has 1 aromatic heterocycles. The number of aromatic nitrogens is 2. The quantitative estimate of drug-likeness (QED) is 0.778. The first-order chi connectivity index (χ1) is 10.3. The van der Waals surface area contributed by atoms with E-state index < -0.39 is 0 Å². The standard InChI is InChI=1S/C17H16BrN3/c1-19-17(15-9-5-6-10-16(15)18)13-11-20-21(12-13)14-7-3-2-4-8-14/h2-12,17,19H,1H3. The van der Waals surface area contributed by atoms with Gasteiger partial charge in [-0.2, -0.15) is 5.10 Å². The first kappa shape index (κ1) is 14.0. The van der Waals surface area contributed by atoms with Gasteiger partial charge < -0.3 is 5.32 Å². The molecule has 0 bridgehead atoms. The maximum Gasteiger partial charge on any atom is 0.0645 e. The highest BCUT2D eigenvalue weighted by molar-refractivity contribution is 9.10. The molecule has 3 rings (SSSR count). The summed E-state index contributed by atoms with van der Waals surface area (Å²) < 4.78 is 2.99. The Kier molecular flexibility index (Phi) is 4.18. The number of halogens is 1. The topological polar surface area (TPSA) is 29.9 Å². The predicted octanol–water partition coefficient (Wildman–Crippen LogP) is 3.94. The summed E-state index contributed by atoms with van der Waals surface area (Å²) in [5.41, 5.74) is 3.39. The first-order valence-electron chi connectivity index (χ1n) is 6.81. The molecule has 0 saturated carbocycles. The van der Waals surface area contributed by atoms with Gasteiger partial charge in [0.05, 0.1) is 17.9 Å². The van der Waals surface area contributed by atoms with Crippen molar-refractivity contribution in [1.29, 1.82) is 0 Å². The summed E-state index contributed by atoms with van der Waals surface area (Å²) >= 11 is 3.62. The van der Waals surface area contributed by atoms with Gasteiger partial charge in [-0.3, -0.25) is 0 Å². The Morgan fingerprint density at radius 2 is 1.76 bits per heavy atom. The van der Waals surface area contributed by atoms with E-state index in [0.717, 1.165) is 15.7 Å².